The molecule has 0 aromatic heterocycles. The zero-order valence-corrected chi connectivity index (χ0v) is 14.6. The maximum Gasteiger partial charge on any atom is 0.119 e. The molecule has 3 rings (SSSR count). The van der Waals surface area contributed by atoms with E-state index in [4.69, 9.17) is 4.74 Å². The first-order valence-electron chi connectivity index (χ1n) is 8.45. The Labute approximate surface area is 149 Å². The molecule has 0 N–H and O–H groups in total. The van der Waals surface area contributed by atoms with Crippen molar-refractivity contribution in [2.45, 2.75) is 13.8 Å². The minimum atomic E-state index is 0.662. The van der Waals surface area contributed by atoms with Gasteiger partial charge in [0.2, 0.25) is 0 Å². The van der Waals surface area contributed by atoms with Gasteiger partial charge < -0.3 is 4.74 Å². The highest BCUT2D eigenvalue weighted by Gasteiger charge is 2.05. The van der Waals surface area contributed by atoms with Crippen molar-refractivity contribution in [3.8, 4) is 5.75 Å². The average molecular weight is 327 g/mol. The van der Waals surface area contributed by atoms with Crippen LogP contribution in [0, 0.1) is 6.92 Å². The summed E-state index contributed by atoms with van der Waals surface area (Å²) < 4.78 is 5.54. The van der Waals surface area contributed by atoms with Gasteiger partial charge in [0.25, 0.3) is 0 Å². The maximum atomic E-state index is 5.54. The lowest BCUT2D eigenvalue weighted by atomic mass is 9.99. The second-order valence-corrected chi connectivity index (χ2v) is 5.76. The molecule has 3 aromatic carbocycles. The van der Waals surface area contributed by atoms with E-state index in [1.165, 1.54) is 5.56 Å². The second-order valence-electron chi connectivity index (χ2n) is 5.76. The molecule has 0 spiro atoms. The lowest BCUT2D eigenvalue weighted by molar-refractivity contribution is 0.340. The van der Waals surface area contributed by atoms with Crippen LogP contribution < -0.4 is 4.74 Å². The molecule has 0 fully saturated rings. The van der Waals surface area contributed by atoms with Crippen LogP contribution in [0.25, 0.3) is 5.57 Å². The van der Waals surface area contributed by atoms with Crippen molar-refractivity contribution in [2.24, 2.45) is 4.99 Å². The maximum absolute atomic E-state index is 5.54. The lowest BCUT2D eigenvalue weighted by Gasteiger charge is -2.07. The molecule has 0 saturated carbocycles. The first kappa shape index (κ1) is 16.8. The fraction of sp³-hybridized carbons (Fsp3) is 0.130. The zero-order chi connectivity index (χ0) is 17.5. The van der Waals surface area contributed by atoms with Crippen LogP contribution >= 0.6 is 0 Å². The summed E-state index contributed by atoms with van der Waals surface area (Å²) in [6.07, 6.45) is 0. The summed E-state index contributed by atoms with van der Waals surface area (Å²) in [4.78, 5) is 4.56. The molecule has 0 aliphatic heterocycles. The summed E-state index contributed by atoms with van der Waals surface area (Å²) in [5.74, 6) is 4.12. The molecule has 0 saturated heterocycles. The van der Waals surface area contributed by atoms with E-state index in [1.807, 2.05) is 67.6 Å². The summed E-state index contributed by atoms with van der Waals surface area (Å²) in [5, 5.41) is 0. The molecule has 0 amide bonds. The quantitative estimate of drug-likeness (QED) is 0.540. The van der Waals surface area contributed by atoms with Crippen molar-refractivity contribution < 1.29 is 4.74 Å². The van der Waals surface area contributed by atoms with Crippen LogP contribution in [0.2, 0.25) is 0 Å². The Hall–Kier alpha value is -3.09. The number of nitrogens with zero attached hydrogens (tertiary/aromatic N) is 1. The molecule has 2 heteroatoms. The highest BCUT2D eigenvalue weighted by atomic mass is 16.5. The van der Waals surface area contributed by atoms with E-state index in [-0.39, 0.29) is 0 Å². The van der Waals surface area contributed by atoms with Crippen LogP contribution in [0.5, 0.6) is 5.75 Å². The number of aryl methyl sites for hydroxylation is 1. The predicted octanol–water partition coefficient (Wildman–Crippen LogP) is 5.83. The number of benzene rings is 3. The largest absolute Gasteiger partial charge is 0.494 e. The molecule has 0 bridgehead atoms. The van der Waals surface area contributed by atoms with E-state index in [0.717, 1.165) is 28.1 Å². The smallest absolute Gasteiger partial charge is 0.119 e. The molecule has 2 nitrogen and oxygen atoms in total. The fourth-order valence-corrected chi connectivity index (χ4v) is 2.60. The topological polar surface area (TPSA) is 21.6 Å². The van der Waals surface area contributed by atoms with Crippen molar-refractivity contribution in [3.63, 3.8) is 0 Å². The number of hydrogen-bond donors (Lipinski definition) is 0. The first-order valence-corrected chi connectivity index (χ1v) is 8.45. The summed E-state index contributed by atoms with van der Waals surface area (Å²) >= 11 is 0. The standard InChI is InChI=1S/C23H21NO/c1-3-25-22-14-12-20(13-15-22)23(19-9-5-4-6-10-19)17-24-21-11-7-8-18(2)16-21/h4-16H,3H2,1-2H3. The van der Waals surface area contributed by atoms with Gasteiger partial charge in [0.05, 0.1) is 17.9 Å². The van der Waals surface area contributed by atoms with Crippen molar-refractivity contribution in [1.29, 1.82) is 0 Å². The average Bonchev–Trinajstić information content (AvgIpc) is 2.64. The molecule has 0 aliphatic carbocycles. The van der Waals surface area contributed by atoms with E-state index in [1.54, 1.807) is 0 Å². The molecule has 0 radical (unpaired) electrons. The van der Waals surface area contributed by atoms with Crippen molar-refractivity contribution in [3.05, 3.63) is 95.6 Å². The number of hydrogen-bond acceptors (Lipinski definition) is 2. The minimum absolute atomic E-state index is 0.662. The Bertz CT molecular complexity index is 889. The van der Waals surface area contributed by atoms with Gasteiger partial charge in [-0.05, 0) is 72.8 Å². The van der Waals surface area contributed by atoms with E-state index >= 15 is 0 Å². The van der Waals surface area contributed by atoms with Crippen LogP contribution in [0.1, 0.15) is 23.6 Å². The Morgan fingerprint density at radius 1 is 0.880 bits per heavy atom. The third-order valence-electron chi connectivity index (χ3n) is 3.81. The Morgan fingerprint density at radius 2 is 1.60 bits per heavy atom. The Morgan fingerprint density at radius 3 is 2.28 bits per heavy atom. The summed E-state index contributed by atoms with van der Waals surface area (Å²) in [6, 6.07) is 26.4. The highest BCUT2D eigenvalue weighted by Crippen LogP contribution is 2.24. The van der Waals surface area contributed by atoms with E-state index in [9.17, 15) is 0 Å². The SMILES string of the molecule is CCOc1ccc(C(=C=Nc2cccc(C)c2)c2ccccc2)cc1. The van der Waals surface area contributed by atoms with Crippen molar-refractivity contribution in [1.82, 2.24) is 0 Å². The molecule has 3 aromatic rings. The number of ether oxygens (including phenoxy) is 1. The molecular formula is C23H21NO. The van der Waals surface area contributed by atoms with Gasteiger partial charge in [-0.15, -0.1) is 0 Å². The van der Waals surface area contributed by atoms with E-state index in [0.29, 0.717) is 6.61 Å². The van der Waals surface area contributed by atoms with Gasteiger partial charge in [-0.2, -0.15) is 0 Å². The zero-order valence-electron chi connectivity index (χ0n) is 14.6. The third-order valence-corrected chi connectivity index (χ3v) is 3.81. The third kappa shape index (κ3) is 4.47. The van der Waals surface area contributed by atoms with Gasteiger partial charge in [0.15, 0.2) is 0 Å². The predicted molar refractivity (Wildman–Crippen MR) is 105 cm³/mol. The van der Waals surface area contributed by atoms with Gasteiger partial charge in [-0.25, -0.2) is 4.99 Å². The molecule has 25 heavy (non-hydrogen) atoms. The van der Waals surface area contributed by atoms with Gasteiger partial charge in [0.1, 0.15) is 5.75 Å². The van der Waals surface area contributed by atoms with Gasteiger partial charge in [0, 0.05) is 0 Å². The monoisotopic (exact) mass is 327 g/mol. The van der Waals surface area contributed by atoms with Gasteiger partial charge in [-0.1, -0.05) is 42.5 Å². The van der Waals surface area contributed by atoms with Crippen LogP contribution in [0.4, 0.5) is 5.69 Å². The van der Waals surface area contributed by atoms with E-state index in [2.05, 4.69) is 36.0 Å². The van der Waals surface area contributed by atoms with E-state index < -0.39 is 0 Å². The molecule has 0 aliphatic rings. The minimum Gasteiger partial charge on any atom is -0.494 e. The van der Waals surface area contributed by atoms with Gasteiger partial charge >= 0.3 is 0 Å². The highest BCUT2D eigenvalue weighted by molar-refractivity contribution is 5.99. The molecule has 0 heterocycles. The molecule has 124 valence electrons. The van der Waals surface area contributed by atoms with Gasteiger partial charge in [-0.3, -0.25) is 0 Å². The van der Waals surface area contributed by atoms with Crippen molar-refractivity contribution >= 4 is 17.1 Å². The number of rotatable bonds is 5. The lowest BCUT2D eigenvalue weighted by Crippen LogP contribution is -1.93. The van der Waals surface area contributed by atoms with Crippen LogP contribution in [0.15, 0.2) is 83.9 Å². The number of aliphatic imine (C=N–C) groups is 1. The molecular weight excluding hydrogens is 306 g/mol. The molecule has 0 unspecified atom stereocenters. The summed E-state index contributed by atoms with van der Waals surface area (Å²) in [5.41, 5.74) is 5.20. The summed E-state index contributed by atoms with van der Waals surface area (Å²) in [6.45, 7) is 4.71. The van der Waals surface area contributed by atoms with Crippen LogP contribution in [-0.2, 0) is 0 Å². The van der Waals surface area contributed by atoms with Crippen molar-refractivity contribution in [2.75, 3.05) is 6.61 Å². The fourth-order valence-electron chi connectivity index (χ4n) is 2.60. The first-order chi connectivity index (χ1) is 12.3. The normalized spacial score (nSPS) is 10.0. The molecule has 0 atom stereocenters. The Kier molecular flexibility index (Phi) is 5.46. The Balaban J connectivity index is 2.05. The second kappa shape index (κ2) is 8.14. The van der Waals surface area contributed by atoms with Crippen LogP contribution in [-0.4, -0.2) is 12.5 Å². The van der Waals surface area contributed by atoms with Crippen LogP contribution in [0.3, 0.4) is 0 Å². The summed E-state index contributed by atoms with van der Waals surface area (Å²) in [7, 11) is 0.